The summed E-state index contributed by atoms with van der Waals surface area (Å²) < 4.78 is 0. The Labute approximate surface area is 79.3 Å². The van der Waals surface area contributed by atoms with Crippen molar-refractivity contribution in [3.05, 3.63) is 39.9 Å². The molecule has 0 aromatic heterocycles. The minimum Gasteiger partial charge on any atom is -0.376 e. The van der Waals surface area contributed by atoms with Crippen LogP contribution in [0.15, 0.2) is 24.3 Å². The van der Waals surface area contributed by atoms with Crippen LogP contribution < -0.4 is 5.32 Å². The smallest absolute Gasteiger partial charge is 0.269 e. The lowest BCUT2D eigenvalue weighted by Gasteiger charge is -2.00. The number of nitro groups is 1. The Kier molecular flexibility index (Phi) is 3.14. The fourth-order valence-corrected chi connectivity index (χ4v) is 0.908. The number of nitro benzene ring substituents is 1. The molecule has 0 unspecified atom stereocenters. The van der Waals surface area contributed by atoms with Gasteiger partial charge in [-0.05, 0) is 12.1 Å². The van der Waals surface area contributed by atoms with E-state index < -0.39 is 17.6 Å². The monoisotopic (exact) mass is 196 g/mol. The molecule has 2 N–H and O–H groups in total. The summed E-state index contributed by atoms with van der Waals surface area (Å²) in [6.07, 6.45) is 0. The van der Waals surface area contributed by atoms with E-state index in [4.69, 9.17) is 5.11 Å². The minimum atomic E-state index is -0.548. The number of carbonyl (C=O) groups is 1. The number of hydrogen-bond acceptors (Lipinski definition) is 4. The molecule has 74 valence electrons. The summed E-state index contributed by atoms with van der Waals surface area (Å²) in [6.45, 7) is -0.462. The van der Waals surface area contributed by atoms with Gasteiger partial charge >= 0.3 is 0 Å². The van der Waals surface area contributed by atoms with Crippen molar-refractivity contribution in [2.24, 2.45) is 0 Å². The van der Waals surface area contributed by atoms with E-state index in [1.165, 1.54) is 24.3 Å². The number of benzene rings is 1. The van der Waals surface area contributed by atoms with Gasteiger partial charge in [0.15, 0.2) is 0 Å². The van der Waals surface area contributed by atoms with Gasteiger partial charge in [-0.15, -0.1) is 0 Å². The SMILES string of the molecule is O=C(NCO)c1ccc([N+](=O)[O-])cc1. The van der Waals surface area contributed by atoms with Crippen molar-refractivity contribution in [1.29, 1.82) is 0 Å². The molecule has 0 radical (unpaired) electrons. The largest absolute Gasteiger partial charge is 0.376 e. The second-order valence-electron chi connectivity index (χ2n) is 2.47. The Hall–Kier alpha value is -1.95. The maximum Gasteiger partial charge on any atom is 0.269 e. The Balaban J connectivity index is 2.83. The summed E-state index contributed by atoms with van der Waals surface area (Å²) in [7, 11) is 0. The van der Waals surface area contributed by atoms with Crippen molar-refractivity contribution in [3.63, 3.8) is 0 Å². The molecule has 1 aromatic rings. The van der Waals surface area contributed by atoms with Gasteiger partial charge in [-0.3, -0.25) is 14.9 Å². The van der Waals surface area contributed by atoms with Gasteiger partial charge in [0.2, 0.25) is 0 Å². The van der Waals surface area contributed by atoms with Crippen LogP contribution in [0.1, 0.15) is 10.4 Å². The third kappa shape index (κ3) is 2.27. The van der Waals surface area contributed by atoms with E-state index in [0.29, 0.717) is 0 Å². The van der Waals surface area contributed by atoms with E-state index in [-0.39, 0.29) is 11.3 Å². The summed E-state index contributed by atoms with van der Waals surface area (Å²) in [4.78, 5) is 20.8. The fourth-order valence-electron chi connectivity index (χ4n) is 0.908. The Morgan fingerprint density at radius 3 is 2.43 bits per heavy atom. The van der Waals surface area contributed by atoms with Gasteiger partial charge in [0.05, 0.1) is 4.92 Å². The second-order valence-corrected chi connectivity index (χ2v) is 2.47. The summed E-state index contributed by atoms with van der Waals surface area (Å²) in [5.41, 5.74) is 0.190. The van der Waals surface area contributed by atoms with Gasteiger partial charge < -0.3 is 10.4 Å². The second kappa shape index (κ2) is 4.33. The molecule has 6 heteroatoms. The standard InChI is InChI=1S/C8H8N2O4/c11-5-9-8(12)6-1-3-7(4-2-6)10(13)14/h1-4,11H,5H2,(H,9,12). The lowest BCUT2D eigenvalue weighted by atomic mass is 10.2. The highest BCUT2D eigenvalue weighted by Gasteiger charge is 2.07. The highest BCUT2D eigenvalue weighted by atomic mass is 16.6. The number of nitrogens with zero attached hydrogens (tertiary/aromatic N) is 1. The summed E-state index contributed by atoms with van der Waals surface area (Å²) in [5, 5.41) is 20.8. The topological polar surface area (TPSA) is 92.5 Å². The quantitative estimate of drug-likeness (QED) is 0.412. The molecule has 0 bridgehead atoms. The number of hydrogen-bond donors (Lipinski definition) is 2. The number of carbonyl (C=O) groups excluding carboxylic acids is 1. The first-order chi connectivity index (χ1) is 6.65. The number of nitrogens with one attached hydrogen (secondary N) is 1. The first-order valence-electron chi connectivity index (χ1n) is 3.78. The van der Waals surface area contributed by atoms with Crippen LogP contribution in [0.2, 0.25) is 0 Å². The minimum absolute atomic E-state index is 0.0782. The molecule has 0 aliphatic rings. The molecule has 6 nitrogen and oxygen atoms in total. The van der Waals surface area contributed by atoms with Crippen LogP contribution in [-0.2, 0) is 0 Å². The first kappa shape index (κ1) is 10.1. The van der Waals surface area contributed by atoms with Crippen LogP contribution in [-0.4, -0.2) is 22.7 Å². The molecule has 0 saturated heterocycles. The van der Waals surface area contributed by atoms with Gasteiger partial charge in [-0.2, -0.15) is 0 Å². The maximum atomic E-state index is 11.1. The first-order valence-corrected chi connectivity index (χ1v) is 3.78. The molecule has 14 heavy (non-hydrogen) atoms. The van der Waals surface area contributed by atoms with E-state index in [1.807, 2.05) is 0 Å². The van der Waals surface area contributed by atoms with Gasteiger partial charge in [0.1, 0.15) is 6.73 Å². The highest BCUT2D eigenvalue weighted by molar-refractivity contribution is 5.94. The number of rotatable bonds is 3. The van der Waals surface area contributed by atoms with E-state index >= 15 is 0 Å². The zero-order valence-electron chi connectivity index (χ0n) is 7.14. The van der Waals surface area contributed by atoms with Crippen LogP contribution >= 0.6 is 0 Å². The number of non-ortho nitro benzene ring substituents is 1. The van der Waals surface area contributed by atoms with Crippen molar-refractivity contribution in [1.82, 2.24) is 5.32 Å². The van der Waals surface area contributed by atoms with Crippen molar-refractivity contribution in [2.75, 3.05) is 6.73 Å². The lowest BCUT2D eigenvalue weighted by molar-refractivity contribution is -0.384. The molecule has 0 fully saturated rings. The predicted molar refractivity (Wildman–Crippen MR) is 47.6 cm³/mol. The fraction of sp³-hybridized carbons (Fsp3) is 0.125. The predicted octanol–water partition coefficient (Wildman–Crippen LogP) is 0.274. The molecule has 0 aliphatic heterocycles. The van der Waals surface area contributed by atoms with E-state index in [1.54, 1.807) is 0 Å². The molecule has 0 saturated carbocycles. The van der Waals surface area contributed by atoms with Crippen molar-refractivity contribution < 1.29 is 14.8 Å². The van der Waals surface area contributed by atoms with Crippen LogP contribution in [0.5, 0.6) is 0 Å². The highest BCUT2D eigenvalue weighted by Crippen LogP contribution is 2.11. The van der Waals surface area contributed by atoms with E-state index in [9.17, 15) is 14.9 Å². The molecule has 1 rings (SSSR count). The Morgan fingerprint density at radius 2 is 2.00 bits per heavy atom. The van der Waals surface area contributed by atoms with E-state index in [0.717, 1.165) is 0 Å². The third-order valence-corrected chi connectivity index (χ3v) is 1.58. The van der Waals surface area contributed by atoms with Crippen LogP contribution in [0, 0.1) is 10.1 Å². The third-order valence-electron chi connectivity index (χ3n) is 1.58. The van der Waals surface area contributed by atoms with Gasteiger partial charge in [-0.25, -0.2) is 0 Å². The molecule has 1 aromatic carbocycles. The number of amides is 1. The van der Waals surface area contributed by atoms with Gasteiger partial charge in [-0.1, -0.05) is 0 Å². The van der Waals surface area contributed by atoms with E-state index in [2.05, 4.69) is 5.32 Å². The summed E-state index contributed by atoms with van der Waals surface area (Å²) >= 11 is 0. The van der Waals surface area contributed by atoms with Gasteiger partial charge in [0, 0.05) is 17.7 Å². The van der Waals surface area contributed by atoms with Crippen molar-refractivity contribution in [2.45, 2.75) is 0 Å². The van der Waals surface area contributed by atoms with Crippen LogP contribution in [0.4, 0.5) is 5.69 Å². The Morgan fingerprint density at radius 1 is 1.43 bits per heavy atom. The van der Waals surface area contributed by atoms with Crippen molar-refractivity contribution in [3.8, 4) is 0 Å². The van der Waals surface area contributed by atoms with Crippen LogP contribution in [0.25, 0.3) is 0 Å². The molecular weight excluding hydrogens is 188 g/mol. The zero-order chi connectivity index (χ0) is 10.6. The van der Waals surface area contributed by atoms with Crippen LogP contribution in [0.3, 0.4) is 0 Å². The molecule has 0 aliphatic carbocycles. The molecule has 1 amide bonds. The van der Waals surface area contributed by atoms with Crippen molar-refractivity contribution >= 4 is 11.6 Å². The van der Waals surface area contributed by atoms with Gasteiger partial charge in [0.25, 0.3) is 11.6 Å². The maximum absolute atomic E-state index is 11.1. The molecule has 0 heterocycles. The summed E-state index contributed by atoms with van der Waals surface area (Å²) in [6, 6.07) is 5.10. The molecular formula is C8H8N2O4. The summed E-state index contributed by atoms with van der Waals surface area (Å²) in [5.74, 6) is -0.470. The molecule has 0 spiro atoms. The lowest BCUT2D eigenvalue weighted by Crippen LogP contribution is -2.23. The number of aliphatic hydroxyl groups excluding tert-OH is 1. The average molecular weight is 196 g/mol. The average Bonchev–Trinajstić information content (AvgIpc) is 2.18. The molecule has 0 atom stereocenters. The zero-order valence-corrected chi connectivity index (χ0v) is 7.14. The Bertz CT molecular complexity index is 347. The number of aliphatic hydroxyl groups is 1. The normalized spacial score (nSPS) is 9.50.